The molecule has 0 radical (unpaired) electrons. The molecule has 0 aromatic heterocycles. The van der Waals surface area contributed by atoms with Gasteiger partial charge in [-0.15, -0.1) is 0 Å². The van der Waals surface area contributed by atoms with Crippen molar-refractivity contribution in [3.05, 3.63) is 22.2 Å². The molecule has 0 saturated carbocycles. The monoisotopic (exact) mass is 304 g/mol. The van der Waals surface area contributed by atoms with Gasteiger partial charge in [-0.2, -0.15) is 0 Å². The van der Waals surface area contributed by atoms with Crippen molar-refractivity contribution < 1.29 is 9.53 Å². The van der Waals surface area contributed by atoms with Crippen molar-refractivity contribution >= 4 is 34.8 Å². The van der Waals surface area contributed by atoms with Crippen LogP contribution in [0.3, 0.4) is 0 Å². The maximum Gasteiger partial charge on any atom is 0.258 e. The zero-order valence-electron chi connectivity index (χ0n) is 11.2. The summed E-state index contributed by atoms with van der Waals surface area (Å²) in [5.74, 6) is 0.507. The predicted octanol–water partition coefficient (Wildman–Crippen LogP) is 3.12. The summed E-state index contributed by atoms with van der Waals surface area (Å²) in [6, 6.07) is 3.08. The van der Waals surface area contributed by atoms with Crippen molar-refractivity contribution in [3.63, 3.8) is 0 Å². The second-order valence-corrected chi connectivity index (χ2v) is 5.51. The molecular formula is C13H18Cl2N2O2. The van der Waals surface area contributed by atoms with Crippen LogP contribution >= 0.6 is 23.2 Å². The summed E-state index contributed by atoms with van der Waals surface area (Å²) in [4.78, 5) is 11.7. The number of nitrogen functional groups attached to an aromatic ring is 1. The highest BCUT2D eigenvalue weighted by atomic mass is 35.5. The number of halogens is 2. The molecule has 0 aliphatic heterocycles. The van der Waals surface area contributed by atoms with Gasteiger partial charge >= 0.3 is 0 Å². The quantitative estimate of drug-likeness (QED) is 0.822. The van der Waals surface area contributed by atoms with Crippen LogP contribution in [0.4, 0.5) is 5.69 Å². The van der Waals surface area contributed by atoms with E-state index in [0.29, 0.717) is 27.4 Å². The predicted molar refractivity (Wildman–Crippen MR) is 78.8 cm³/mol. The van der Waals surface area contributed by atoms with Gasteiger partial charge in [0.05, 0.1) is 15.7 Å². The molecule has 1 amide bonds. The lowest BCUT2D eigenvalue weighted by atomic mass is 10.1. The van der Waals surface area contributed by atoms with Crippen molar-refractivity contribution in [3.8, 4) is 5.75 Å². The van der Waals surface area contributed by atoms with Gasteiger partial charge in [-0.05, 0) is 18.9 Å². The molecule has 3 N–H and O–H groups in total. The molecule has 1 rings (SSSR count). The summed E-state index contributed by atoms with van der Waals surface area (Å²) in [5, 5.41) is 3.52. The molecule has 0 aliphatic carbocycles. The number of carbonyl (C=O) groups excluding carboxylic acids is 1. The largest absolute Gasteiger partial charge is 0.482 e. The first-order chi connectivity index (χ1) is 8.81. The van der Waals surface area contributed by atoms with E-state index in [1.165, 1.54) is 12.1 Å². The van der Waals surface area contributed by atoms with Crippen LogP contribution in [-0.4, -0.2) is 18.6 Å². The maximum atomic E-state index is 11.7. The van der Waals surface area contributed by atoms with Crippen molar-refractivity contribution in [2.24, 2.45) is 5.92 Å². The number of benzene rings is 1. The van der Waals surface area contributed by atoms with Gasteiger partial charge in [-0.3, -0.25) is 4.79 Å². The number of rotatable bonds is 5. The Morgan fingerprint density at radius 1 is 1.32 bits per heavy atom. The van der Waals surface area contributed by atoms with Crippen LogP contribution < -0.4 is 15.8 Å². The van der Waals surface area contributed by atoms with Crippen molar-refractivity contribution in [2.75, 3.05) is 12.3 Å². The molecule has 0 aliphatic rings. The summed E-state index contributed by atoms with van der Waals surface area (Å²) in [7, 11) is 0. The third kappa shape index (κ3) is 4.80. The normalized spacial score (nSPS) is 12.3. The van der Waals surface area contributed by atoms with Crippen LogP contribution in [0.15, 0.2) is 12.1 Å². The highest BCUT2D eigenvalue weighted by Crippen LogP contribution is 2.32. The SMILES string of the molecule is CC(C)C(C)NC(=O)COc1cc(Cl)c(Cl)cc1N. The van der Waals surface area contributed by atoms with E-state index in [4.69, 9.17) is 33.7 Å². The lowest BCUT2D eigenvalue weighted by molar-refractivity contribution is -0.123. The molecule has 0 fully saturated rings. The van der Waals surface area contributed by atoms with Gasteiger partial charge in [-0.1, -0.05) is 37.0 Å². The molecule has 0 heterocycles. The molecule has 1 unspecified atom stereocenters. The molecular weight excluding hydrogens is 287 g/mol. The molecule has 1 atom stereocenters. The lowest BCUT2D eigenvalue weighted by Crippen LogP contribution is -2.39. The average Bonchev–Trinajstić information content (AvgIpc) is 2.32. The van der Waals surface area contributed by atoms with E-state index in [0.717, 1.165) is 0 Å². The molecule has 6 heteroatoms. The Balaban J connectivity index is 2.58. The highest BCUT2D eigenvalue weighted by Gasteiger charge is 2.12. The van der Waals surface area contributed by atoms with Crippen LogP contribution in [0.1, 0.15) is 20.8 Å². The van der Waals surface area contributed by atoms with Crippen molar-refractivity contribution in [1.29, 1.82) is 0 Å². The van der Waals surface area contributed by atoms with E-state index in [1.54, 1.807) is 0 Å². The minimum Gasteiger partial charge on any atom is -0.482 e. The second kappa shape index (κ2) is 6.87. The van der Waals surface area contributed by atoms with E-state index in [-0.39, 0.29) is 18.6 Å². The molecule has 19 heavy (non-hydrogen) atoms. The number of nitrogens with two attached hydrogens (primary N) is 1. The first-order valence-electron chi connectivity index (χ1n) is 5.98. The number of carbonyl (C=O) groups is 1. The van der Waals surface area contributed by atoms with Crippen LogP contribution in [0.2, 0.25) is 10.0 Å². The van der Waals surface area contributed by atoms with Crippen LogP contribution in [-0.2, 0) is 4.79 Å². The van der Waals surface area contributed by atoms with Crippen molar-refractivity contribution in [1.82, 2.24) is 5.32 Å². The first kappa shape index (κ1) is 15.9. The van der Waals surface area contributed by atoms with Gasteiger partial charge in [0.25, 0.3) is 5.91 Å². The van der Waals surface area contributed by atoms with Crippen molar-refractivity contribution in [2.45, 2.75) is 26.8 Å². The van der Waals surface area contributed by atoms with Gasteiger partial charge in [-0.25, -0.2) is 0 Å². The zero-order chi connectivity index (χ0) is 14.6. The number of ether oxygens (including phenoxy) is 1. The van der Waals surface area contributed by atoms with E-state index in [2.05, 4.69) is 5.32 Å². The summed E-state index contributed by atoms with van der Waals surface area (Å²) in [5.41, 5.74) is 6.07. The molecule has 1 aromatic carbocycles. The smallest absolute Gasteiger partial charge is 0.258 e. The summed E-state index contributed by atoms with van der Waals surface area (Å²) >= 11 is 11.7. The fourth-order valence-corrected chi connectivity index (χ4v) is 1.60. The van der Waals surface area contributed by atoms with E-state index in [9.17, 15) is 4.79 Å². The Kier molecular flexibility index (Phi) is 5.76. The number of anilines is 1. The zero-order valence-corrected chi connectivity index (χ0v) is 12.7. The Hall–Kier alpha value is -1.13. The van der Waals surface area contributed by atoms with Crippen LogP contribution in [0.25, 0.3) is 0 Å². The van der Waals surface area contributed by atoms with Crippen LogP contribution in [0.5, 0.6) is 5.75 Å². The molecule has 4 nitrogen and oxygen atoms in total. The van der Waals surface area contributed by atoms with E-state index >= 15 is 0 Å². The topological polar surface area (TPSA) is 64.3 Å². The highest BCUT2D eigenvalue weighted by molar-refractivity contribution is 6.42. The lowest BCUT2D eigenvalue weighted by Gasteiger charge is -2.17. The third-order valence-corrected chi connectivity index (χ3v) is 3.52. The van der Waals surface area contributed by atoms with Gasteiger partial charge in [0.15, 0.2) is 6.61 Å². The number of hydrogen-bond donors (Lipinski definition) is 2. The Morgan fingerprint density at radius 2 is 1.89 bits per heavy atom. The van der Waals surface area contributed by atoms with E-state index in [1.807, 2.05) is 20.8 Å². The van der Waals surface area contributed by atoms with Gasteiger partial charge in [0.2, 0.25) is 0 Å². The van der Waals surface area contributed by atoms with E-state index < -0.39 is 0 Å². The Labute approximate surface area is 123 Å². The molecule has 1 aromatic rings. The summed E-state index contributed by atoms with van der Waals surface area (Å²) in [6.45, 7) is 5.89. The average molecular weight is 305 g/mol. The molecule has 0 saturated heterocycles. The number of amides is 1. The summed E-state index contributed by atoms with van der Waals surface area (Å²) in [6.07, 6.45) is 0. The number of hydrogen-bond acceptors (Lipinski definition) is 3. The third-order valence-electron chi connectivity index (χ3n) is 2.80. The standard InChI is InChI=1S/C13H18Cl2N2O2/c1-7(2)8(3)17-13(18)6-19-12-5-10(15)9(14)4-11(12)16/h4-5,7-8H,6,16H2,1-3H3,(H,17,18). The number of nitrogens with one attached hydrogen (secondary N) is 1. The molecule has 106 valence electrons. The van der Waals surface area contributed by atoms with Gasteiger partial charge < -0.3 is 15.8 Å². The molecule has 0 bridgehead atoms. The fraction of sp³-hybridized carbons (Fsp3) is 0.462. The van der Waals surface area contributed by atoms with Gasteiger partial charge in [0.1, 0.15) is 5.75 Å². The minimum absolute atomic E-state index is 0.0854. The Bertz CT molecular complexity index is 464. The van der Waals surface area contributed by atoms with Gasteiger partial charge in [0, 0.05) is 12.1 Å². The minimum atomic E-state index is -0.202. The molecule has 0 spiro atoms. The summed E-state index contributed by atoms with van der Waals surface area (Å²) < 4.78 is 5.33. The Morgan fingerprint density at radius 3 is 2.47 bits per heavy atom. The second-order valence-electron chi connectivity index (χ2n) is 4.69. The first-order valence-corrected chi connectivity index (χ1v) is 6.73. The fourth-order valence-electron chi connectivity index (χ4n) is 1.27. The van der Waals surface area contributed by atoms with Crippen LogP contribution in [0, 0.1) is 5.92 Å². The maximum absolute atomic E-state index is 11.7.